The minimum Gasteiger partial charge on any atom is -0.492 e. The third-order valence-electron chi connectivity index (χ3n) is 5.87. The highest BCUT2D eigenvalue weighted by Crippen LogP contribution is 2.37. The molecule has 5 nitrogen and oxygen atoms in total. The van der Waals surface area contributed by atoms with Gasteiger partial charge in [0.25, 0.3) is 0 Å². The Balaban J connectivity index is 1.62. The minimum absolute atomic E-state index is 0.0887. The van der Waals surface area contributed by atoms with Crippen molar-refractivity contribution in [2.75, 3.05) is 18.1 Å². The fraction of sp³-hybridized carbons (Fsp3) is 0.440. The van der Waals surface area contributed by atoms with Crippen LogP contribution in [-0.4, -0.2) is 28.6 Å². The first-order valence-electron chi connectivity index (χ1n) is 11.2. The number of nitrogens with zero attached hydrogens (tertiary/aromatic N) is 3. The Labute approximate surface area is 178 Å². The minimum atomic E-state index is 0.0887. The molecule has 0 unspecified atom stereocenters. The van der Waals surface area contributed by atoms with E-state index in [0.717, 1.165) is 35.7 Å². The predicted molar refractivity (Wildman–Crippen MR) is 121 cm³/mol. The number of ether oxygens (including phenoxy) is 1. The van der Waals surface area contributed by atoms with Gasteiger partial charge in [0.05, 0.1) is 23.3 Å². The summed E-state index contributed by atoms with van der Waals surface area (Å²) in [6.45, 7) is 6.37. The smallest absolute Gasteiger partial charge is 0.227 e. The molecule has 1 aliphatic rings. The Kier molecular flexibility index (Phi) is 6.36. The van der Waals surface area contributed by atoms with Crippen molar-refractivity contribution in [3.8, 4) is 5.75 Å². The number of carbonyl (C=O) groups excluding carboxylic acids is 1. The largest absolute Gasteiger partial charge is 0.492 e. The topological polar surface area (TPSA) is 47.4 Å². The van der Waals surface area contributed by atoms with Gasteiger partial charge in [-0.1, -0.05) is 50.5 Å². The van der Waals surface area contributed by atoms with Gasteiger partial charge in [0, 0.05) is 25.4 Å². The van der Waals surface area contributed by atoms with Crippen LogP contribution in [0.4, 0.5) is 5.69 Å². The standard InChI is InChI=1S/C25H31N3O2/c1-3-5-6-11-16-27-21-13-8-7-12-20(21)26-25(27)19-17-24(29)28(18-19)22-14-9-10-15-23(22)30-4-2/h7-10,12-15,19H,3-6,11,16-18H2,1-2H3/t19-/m0/s1. The molecule has 1 aliphatic heterocycles. The number of para-hydroxylation sites is 4. The molecule has 0 aliphatic carbocycles. The van der Waals surface area contributed by atoms with Crippen molar-refractivity contribution in [3.63, 3.8) is 0 Å². The molecule has 0 bridgehead atoms. The molecule has 4 rings (SSSR count). The fourth-order valence-electron chi connectivity index (χ4n) is 4.41. The summed E-state index contributed by atoms with van der Waals surface area (Å²) in [6.07, 6.45) is 5.33. The van der Waals surface area contributed by atoms with E-state index in [1.165, 1.54) is 24.8 Å². The normalized spacial score (nSPS) is 16.5. The molecular weight excluding hydrogens is 374 g/mol. The van der Waals surface area contributed by atoms with E-state index in [0.29, 0.717) is 19.6 Å². The van der Waals surface area contributed by atoms with Crippen molar-refractivity contribution in [2.45, 2.75) is 58.4 Å². The number of benzene rings is 2. The number of carbonyl (C=O) groups is 1. The SMILES string of the molecule is CCCCCCn1c([C@H]2CC(=O)N(c3ccccc3OCC)C2)nc2ccccc21. The molecule has 158 valence electrons. The third kappa shape index (κ3) is 4.07. The highest BCUT2D eigenvalue weighted by Gasteiger charge is 2.35. The molecule has 1 atom stereocenters. The maximum Gasteiger partial charge on any atom is 0.227 e. The Morgan fingerprint density at radius 1 is 1.03 bits per heavy atom. The van der Waals surface area contributed by atoms with Crippen LogP contribution < -0.4 is 9.64 Å². The lowest BCUT2D eigenvalue weighted by molar-refractivity contribution is -0.117. The number of fused-ring (bicyclic) bond motifs is 1. The van der Waals surface area contributed by atoms with Crippen molar-refractivity contribution in [3.05, 3.63) is 54.4 Å². The molecule has 0 spiro atoms. The first-order chi connectivity index (χ1) is 14.7. The molecule has 1 fully saturated rings. The van der Waals surface area contributed by atoms with Gasteiger partial charge in [-0.05, 0) is 37.6 Å². The van der Waals surface area contributed by atoms with E-state index in [4.69, 9.17) is 9.72 Å². The Morgan fingerprint density at radius 2 is 1.83 bits per heavy atom. The van der Waals surface area contributed by atoms with Crippen LogP contribution >= 0.6 is 0 Å². The number of rotatable bonds is 9. The van der Waals surface area contributed by atoms with Crippen molar-refractivity contribution in [2.24, 2.45) is 0 Å². The molecule has 1 saturated heterocycles. The van der Waals surface area contributed by atoms with Gasteiger partial charge in [0.15, 0.2) is 0 Å². The fourth-order valence-corrected chi connectivity index (χ4v) is 4.41. The zero-order valence-corrected chi connectivity index (χ0v) is 18.0. The van der Waals surface area contributed by atoms with Crippen LogP contribution in [0.3, 0.4) is 0 Å². The predicted octanol–water partition coefficient (Wildman–Crippen LogP) is 5.54. The van der Waals surface area contributed by atoms with Crippen LogP contribution in [0.25, 0.3) is 11.0 Å². The zero-order valence-electron chi connectivity index (χ0n) is 18.0. The zero-order chi connectivity index (χ0) is 20.9. The lowest BCUT2D eigenvalue weighted by Crippen LogP contribution is -2.25. The number of unbranched alkanes of at least 4 members (excludes halogenated alkanes) is 3. The van der Waals surface area contributed by atoms with E-state index in [-0.39, 0.29) is 11.8 Å². The Morgan fingerprint density at radius 3 is 2.67 bits per heavy atom. The molecule has 0 saturated carbocycles. The average Bonchev–Trinajstić information content (AvgIpc) is 3.32. The van der Waals surface area contributed by atoms with Crippen molar-refractivity contribution in [1.29, 1.82) is 0 Å². The summed E-state index contributed by atoms with van der Waals surface area (Å²) in [6, 6.07) is 16.1. The number of aromatic nitrogens is 2. The van der Waals surface area contributed by atoms with E-state index < -0.39 is 0 Å². The third-order valence-corrected chi connectivity index (χ3v) is 5.87. The van der Waals surface area contributed by atoms with Gasteiger partial charge in [0.2, 0.25) is 5.91 Å². The number of imidazole rings is 1. The van der Waals surface area contributed by atoms with Crippen molar-refractivity contribution >= 4 is 22.6 Å². The maximum absolute atomic E-state index is 13.0. The molecule has 5 heteroatoms. The van der Waals surface area contributed by atoms with Crippen molar-refractivity contribution < 1.29 is 9.53 Å². The highest BCUT2D eigenvalue weighted by atomic mass is 16.5. The molecule has 1 amide bonds. The van der Waals surface area contributed by atoms with Crippen LogP contribution in [0.15, 0.2) is 48.5 Å². The van der Waals surface area contributed by atoms with Crippen LogP contribution in [0.1, 0.15) is 57.7 Å². The van der Waals surface area contributed by atoms with E-state index in [1.54, 1.807) is 0 Å². The number of anilines is 1. The molecule has 0 radical (unpaired) electrons. The van der Waals surface area contributed by atoms with E-state index in [2.05, 4.69) is 29.7 Å². The van der Waals surface area contributed by atoms with Gasteiger partial charge >= 0.3 is 0 Å². The second-order valence-corrected chi connectivity index (χ2v) is 7.98. The Hall–Kier alpha value is -2.82. The summed E-state index contributed by atoms with van der Waals surface area (Å²) < 4.78 is 8.12. The lowest BCUT2D eigenvalue weighted by atomic mass is 10.1. The van der Waals surface area contributed by atoms with Crippen LogP contribution in [-0.2, 0) is 11.3 Å². The summed E-state index contributed by atoms with van der Waals surface area (Å²) in [7, 11) is 0. The molecule has 3 aromatic rings. The van der Waals surface area contributed by atoms with Gasteiger partial charge in [-0.3, -0.25) is 4.79 Å². The monoisotopic (exact) mass is 405 g/mol. The van der Waals surface area contributed by atoms with Gasteiger partial charge in [-0.25, -0.2) is 4.98 Å². The summed E-state index contributed by atoms with van der Waals surface area (Å²) in [5.74, 6) is 2.03. The van der Waals surface area contributed by atoms with Gasteiger partial charge in [-0.15, -0.1) is 0 Å². The van der Waals surface area contributed by atoms with Crippen LogP contribution in [0.5, 0.6) is 5.75 Å². The number of hydrogen-bond donors (Lipinski definition) is 0. The number of hydrogen-bond acceptors (Lipinski definition) is 3. The second-order valence-electron chi connectivity index (χ2n) is 7.98. The quantitative estimate of drug-likeness (QED) is 0.439. The number of amides is 1. The highest BCUT2D eigenvalue weighted by molar-refractivity contribution is 5.97. The summed E-state index contributed by atoms with van der Waals surface area (Å²) in [5, 5.41) is 0. The van der Waals surface area contributed by atoms with E-state index >= 15 is 0 Å². The number of aryl methyl sites for hydroxylation is 1. The summed E-state index contributed by atoms with van der Waals surface area (Å²) in [4.78, 5) is 19.8. The first-order valence-corrected chi connectivity index (χ1v) is 11.2. The molecular formula is C25H31N3O2. The van der Waals surface area contributed by atoms with Crippen LogP contribution in [0.2, 0.25) is 0 Å². The molecule has 2 aromatic carbocycles. The van der Waals surface area contributed by atoms with E-state index in [9.17, 15) is 4.79 Å². The van der Waals surface area contributed by atoms with Crippen molar-refractivity contribution in [1.82, 2.24) is 9.55 Å². The average molecular weight is 406 g/mol. The Bertz CT molecular complexity index is 1010. The van der Waals surface area contributed by atoms with Gasteiger partial charge < -0.3 is 14.2 Å². The summed E-state index contributed by atoms with van der Waals surface area (Å²) in [5.41, 5.74) is 3.05. The molecule has 2 heterocycles. The second kappa shape index (κ2) is 9.33. The maximum atomic E-state index is 13.0. The van der Waals surface area contributed by atoms with Crippen LogP contribution in [0, 0.1) is 0 Å². The van der Waals surface area contributed by atoms with Gasteiger partial charge in [0.1, 0.15) is 11.6 Å². The lowest BCUT2D eigenvalue weighted by Gasteiger charge is -2.20. The van der Waals surface area contributed by atoms with E-state index in [1.807, 2.05) is 42.2 Å². The molecule has 30 heavy (non-hydrogen) atoms. The molecule has 1 aromatic heterocycles. The first kappa shape index (κ1) is 20.5. The van der Waals surface area contributed by atoms with Gasteiger partial charge in [-0.2, -0.15) is 0 Å². The summed E-state index contributed by atoms with van der Waals surface area (Å²) >= 11 is 0. The molecule has 0 N–H and O–H groups in total.